The fraction of sp³-hybridized carbons (Fsp3) is 0.333. The average Bonchev–Trinajstić information content (AvgIpc) is 2.42. The molecular weight excluding hydrogens is 338 g/mol. The van der Waals surface area contributed by atoms with Crippen molar-refractivity contribution in [2.75, 3.05) is 18.5 Å². The van der Waals surface area contributed by atoms with Crippen LogP contribution in [0.15, 0.2) is 40.0 Å². The Morgan fingerprint density at radius 1 is 1.05 bits per heavy atom. The van der Waals surface area contributed by atoms with E-state index in [0.29, 0.717) is 5.70 Å². The van der Waals surface area contributed by atoms with Crippen LogP contribution < -0.4 is 5.32 Å². The third-order valence-electron chi connectivity index (χ3n) is 2.51. The van der Waals surface area contributed by atoms with E-state index in [1.54, 1.807) is 20.8 Å². The molecular formula is C15H18BrNO4. The predicted molar refractivity (Wildman–Crippen MR) is 83.7 cm³/mol. The number of hydrogen-bond acceptors (Lipinski definition) is 5. The largest absolute Gasteiger partial charge is 0.462 e. The van der Waals surface area contributed by atoms with Crippen LogP contribution in [-0.4, -0.2) is 25.2 Å². The summed E-state index contributed by atoms with van der Waals surface area (Å²) in [5, 5.41) is 3.00. The zero-order valence-electron chi connectivity index (χ0n) is 12.2. The number of halogens is 1. The number of nitrogens with one attached hydrogen (secondary N) is 1. The summed E-state index contributed by atoms with van der Waals surface area (Å²) in [6.07, 6.45) is 0. The van der Waals surface area contributed by atoms with Gasteiger partial charge in [0.15, 0.2) is 5.57 Å². The van der Waals surface area contributed by atoms with E-state index in [1.165, 1.54) is 0 Å². The predicted octanol–water partition coefficient (Wildman–Crippen LogP) is 3.26. The molecule has 0 saturated carbocycles. The fourth-order valence-electron chi connectivity index (χ4n) is 1.61. The molecule has 0 radical (unpaired) electrons. The van der Waals surface area contributed by atoms with Crippen LogP contribution in [0.1, 0.15) is 20.8 Å². The summed E-state index contributed by atoms with van der Waals surface area (Å²) < 4.78 is 10.7. The standard InChI is InChI=1S/C15H18BrNO4/c1-4-20-14(18)13(15(19)21-5-2)10(3)17-12-8-6-11(16)7-9-12/h6-9,17H,4-5H2,1-3H3. The molecule has 5 nitrogen and oxygen atoms in total. The van der Waals surface area contributed by atoms with E-state index in [-0.39, 0.29) is 18.8 Å². The number of ether oxygens (including phenoxy) is 2. The lowest BCUT2D eigenvalue weighted by atomic mass is 10.2. The molecule has 1 N–H and O–H groups in total. The second-order valence-corrected chi connectivity index (χ2v) is 4.99. The van der Waals surface area contributed by atoms with Crippen molar-refractivity contribution in [3.63, 3.8) is 0 Å². The van der Waals surface area contributed by atoms with Gasteiger partial charge in [-0.1, -0.05) is 15.9 Å². The molecule has 1 aromatic carbocycles. The number of allylic oxidation sites excluding steroid dienone is 1. The van der Waals surface area contributed by atoms with Gasteiger partial charge in [0, 0.05) is 15.9 Å². The van der Waals surface area contributed by atoms with E-state index in [9.17, 15) is 9.59 Å². The van der Waals surface area contributed by atoms with Crippen molar-refractivity contribution >= 4 is 33.6 Å². The van der Waals surface area contributed by atoms with E-state index in [1.807, 2.05) is 24.3 Å². The molecule has 0 saturated heterocycles. The van der Waals surface area contributed by atoms with Gasteiger partial charge in [-0.15, -0.1) is 0 Å². The highest BCUT2D eigenvalue weighted by Crippen LogP contribution is 2.18. The number of hydrogen-bond donors (Lipinski definition) is 1. The average molecular weight is 356 g/mol. The Kier molecular flexibility index (Phi) is 6.94. The van der Waals surface area contributed by atoms with E-state index in [4.69, 9.17) is 9.47 Å². The van der Waals surface area contributed by atoms with E-state index in [2.05, 4.69) is 21.2 Å². The smallest absolute Gasteiger partial charge is 0.347 e. The SMILES string of the molecule is CCOC(=O)C(C(=O)OCC)=C(C)Nc1ccc(Br)cc1. The lowest BCUT2D eigenvalue weighted by Gasteiger charge is -2.12. The summed E-state index contributed by atoms with van der Waals surface area (Å²) in [5.41, 5.74) is 1.01. The molecule has 0 aromatic heterocycles. The minimum absolute atomic E-state index is 0.124. The molecule has 6 heteroatoms. The van der Waals surface area contributed by atoms with Gasteiger partial charge in [-0.05, 0) is 45.0 Å². The van der Waals surface area contributed by atoms with Crippen molar-refractivity contribution in [2.24, 2.45) is 0 Å². The van der Waals surface area contributed by atoms with Gasteiger partial charge in [-0.2, -0.15) is 0 Å². The maximum atomic E-state index is 11.9. The molecule has 0 aliphatic heterocycles. The van der Waals surface area contributed by atoms with Gasteiger partial charge in [-0.25, -0.2) is 9.59 Å². The molecule has 1 aromatic rings. The summed E-state index contributed by atoms with van der Waals surface area (Å²) >= 11 is 3.34. The maximum Gasteiger partial charge on any atom is 0.347 e. The topological polar surface area (TPSA) is 64.6 Å². The first-order valence-corrected chi connectivity index (χ1v) is 7.36. The summed E-state index contributed by atoms with van der Waals surface area (Å²) in [6, 6.07) is 7.34. The summed E-state index contributed by atoms with van der Waals surface area (Å²) in [6.45, 7) is 5.36. The molecule has 0 atom stereocenters. The van der Waals surface area contributed by atoms with Crippen molar-refractivity contribution in [3.8, 4) is 0 Å². The molecule has 21 heavy (non-hydrogen) atoms. The van der Waals surface area contributed by atoms with Gasteiger partial charge in [0.1, 0.15) is 0 Å². The molecule has 0 fully saturated rings. The van der Waals surface area contributed by atoms with Crippen LogP contribution in [0.25, 0.3) is 0 Å². The molecule has 0 aliphatic rings. The van der Waals surface area contributed by atoms with Crippen LogP contribution >= 0.6 is 15.9 Å². The molecule has 114 valence electrons. The van der Waals surface area contributed by atoms with Crippen molar-refractivity contribution in [1.29, 1.82) is 0 Å². The Morgan fingerprint density at radius 2 is 1.52 bits per heavy atom. The third-order valence-corrected chi connectivity index (χ3v) is 3.04. The van der Waals surface area contributed by atoms with Gasteiger partial charge in [0.05, 0.1) is 13.2 Å². The lowest BCUT2D eigenvalue weighted by molar-refractivity contribution is -0.146. The number of rotatable bonds is 6. The monoisotopic (exact) mass is 355 g/mol. The lowest BCUT2D eigenvalue weighted by Crippen LogP contribution is -2.22. The summed E-state index contributed by atoms with van der Waals surface area (Å²) in [7, 11) is 0. The van der Waals surface area contributed by atoms with Gasteiger partial charge in [-0.3, -0.25) is 0 Å². The quantitative estimate of drug-likeness (QED) is 0.367. The van der Waals surface area contributed by atoms with Crippen LogP contribution in [0.2, 0.25) is 0 Å². The summed E-state index contributed by atoms with van der Waals surface area (Å²) in [5.74, 6) is -1.39. The highest BCUT2D eigenvalue weighted by atomic mass is 79.9. The van der Waals surface area contributed by atoms with Crippen LogP contribution in [-0.2, 0) is 19.1 Å². The molecule has 0 spiro atoms. The molecule has 0 bridgehead atoms. The van der Waals surface area contributed by atoms with E-state index < -0.39 is 11.9 Å². The van der Waals surface area contributed by atoms with Gasteiger partial charge < -0.3 is 14.8 Å². The first-order valence-electron chi connectivity index (χ1n) is 6.57. The highest BCUT2D eigenvalue weighted by molar-refractivity contribution is 9.10. The second kappa shape index (κ2) is 8.46. The van der Waals surface area contributed by atoms with Gasteiger partial charge in [0.25, 0.3) is 0 Å². The Morgan fingerprint density at radius 3 is 1.95 bits per heavy atom. The number of anilines is 1. The first-order chi connectivity index (χ1) is 9.99. The maximum absolute atomic E-state index is 11.9. The second-order valence-electron chi connectivity index (χ2n) is 4.07. The molecule has 0 unspecified atom stereocenters. The van der Waals surface area contributed by atoms with Gasteiger partial charge in [0.2, 0.25) is 0 Å². The zero-order valence-corrected chi connectivity index (χ0v) is 13.8. The molecule has 1 rings (SSSR count). The fourth-order valence-corrected chi connectivity index (χ4v) is 1.87. The Bertz CT molecular complexity index is 517. The Labute approximate surface area is 132 Å². The van der Waals surface area contributed by atoms with Crippen LogP contribution in [0.4, 0.5) is 5.69 Å². The molecule has 0 amide bonds. The molecule has 0 aliphatic carbocycles. The van der Waals surface area contributed by atoms with Crippen molar-refractivity contribution < 1.29 is 19.1 Å². The van der Waals surface area contributed by atoms with Crippen LogP contribution in [0, 0.1) is 0 Å². The highest BCUT2D eigenvalue weighted by Gasteiger charge is 2.24. The minimum Gasteiger partial charge on any atom is -0.462 e. The van der Waals surface area contributed by atoms with Crippen molar-refractivity contribution in [3.05, 3.63) is 40.0 Å². The number of benzene rings is 1. The van der Waals surface area contributed by atoms with E-state index in [0.717, 1.165) is 10.2 Å². The van der Waals surface area contributed by atoms with Crippen LogP contribution in [0.5, 0.6) is 0 Å². The number of carbonyl (C=O) groups is 2. The molecule has 0 heterocycles. The Hall–Kier alpha value is -1.82. The van der Waals surface area contributed by atoms with E-state index >= 15 is 0 Å². The number of carbonyl (C=O) groups excluding carboxylic acids is 2. The van der Waals surface area contributed by atoms with Crippen LogP contribution in [0.3, 0.4) is 0 Å². The Balaban J connectivity index is 3.04. The van der Waals surface area contributed by atoms with Crippen molar-refractivity contribution in [1.82, 2.24) is 0 Å². The zero-order chi connectivity index (χ0) is 15.8. The minimum atomic E-state index is -0.696. The van der Waals surface area contributed by atoms with Crippen molar-refractivity contribution in [2.45, 2.75) is 20.8 Å². The van der Waals surface area contributed by atoms with Gasteiger partial charge >= 0.3 is 11.9 Å². The normalized spacial score (nSPS) is 9.71. The number of esters is 2. The third kappa shape index (κ3) is 5.23. The first kappa shape index (κ1) is 17.2. The summed E-state index contributed by atoms with van der Waals surface area (Å²) in [4.78, 5) is 23.8.